The number of halogens is 1. The van der Waals surface area contributed by atoms with E-state index in [9.17, 15) is 0 Å². The molecule has 0 aliphatic heterocycles. The summed E-state index contributed by atoms with van der Waals surface area (Å²) in [6.07, 6.45) is 5.36. The molecule has 72 valence electrons. The first-order chi connectivity index (χ1) is 5.74. The van der Waals surface area contributed by atoms with Crippen molar-refractivity contribution in [1.82, 2.24) is 0 Å². The molecule has 0 bridgehead atoms. The summed E-state index contributed by atoms with van der Waals surface area (Å²) >= 11 is 3.68. The van der Waals surface area contributed by atoms with E-state index in [4.69, 9.17) is 4.74 Å². The van der Waals surface area contributed by atoms with Gasteiger partial charge in [0.25, 0.3) is 0 Å². The van der Waals surface area contributed by atoms with E-state index in [-0.39, 0.29) is 0 Å². The molecular weight excluding hydrogens is 216 g/mol. The molecule has 0 amide bonds. The highest BCUT2D eigenvalue weighted by atomic mass is 79.9. The molecule has 0 N–H and O–H groups in total. The molecule has 12 heavy (non-hydrogen) atoms. The van der Waals surface area contributed by atoms with Crippen LogP contribution < -0.4 is 0 Å². The molecular formula is C10H19BrO. The van der Waals surface area contributed by atoms with E-state index >= 15 is 0 Å². The van der Waals surface area contributed by atoms with Gasteiger partial charge in [0.15, 0.2) is 0 Å². The monoisotopic (exact) mass is 234 g/mol. The number of methoxy groups -OCH3 is 1. The highest BCUT2D eigenvalue weighted by molar-refractivity contribution is 9.09. The van der Waals surface area contributed by atoms with Crippen LogP contribution in [0.3, 0.4) is 0 Å². The van der Waals surface area contributed by atoms with E-state index in [1.54, 1.807) is 7.11 Å². The smallest absolute Gasteiger partial charge is 0.0464 e. The summed E-state index contributed by atoms with van der Waals surface area (Å²) in [7, 11) is 1.79. The molecule has 0 aromatic carbocycles. The number of alkyl halides is 1. The summed E-state index contributed by atoms with van der Waals surface area (Å²) in [5, 5.41) is 0. The fourth-order valence-corrected chi connectivity index (χ4v) is 2.76. The van der Waals surface area contributed by atoms with Gasteiger partial charge >= 0.3 is 0 Å². The van der Waals surface area contributed by atoms with Crippen LogP contribution in [0, 0.1) is 11.8 Å². The van der Waals surface area contributed by atoms with E-state index in [1.165, 1.54) is 25.7 Å². The van der Waals surface area contributed by atoms with E-state index < -0.39 is 0 Å². The van der Waals surface area contributed by atoms with Crippen molar-refractivity contribution >= 4 is 15.9 Å². The third-order valence-corrected chi connectivity index (χ3v) is 3.82. The molecule has 1 nitrogen and oxygen atoms in total. The van der Waals surface area contributed by atoms with Crippen molar-refractivity contribution in [2.75, 3.05) is 13.7 Å². The summed E-state index contributed by atoms with van der Waals surface area (Å²) in [6.45, 7) is 3.28. The minimum atomic E-state index is 0.785. The minimum Gasteiger partial charge on any atom is -0.385 e. The largest absolute Gasteiger partial charge is 0.385 e. The molecule has 0 saturated heterocycles. The molecule has 3 atom stereocenters. The van der Waals surface area contributed by atoms with E-state index in [2.05, 4.69) is 22.9 Å². The van der Waals surface area contributed by atoms with Gasteiger partial charge in [-0.25, -0.2) is 0 Å². The van der Waals surface area contributed by atoms with Crippen LogP contribution >= 0.6 is 15.9 Å². The van der Waals surface area contributed by atoms with Gasteiger partial charge in [0, 0.05) is 18.5 Å². The fourth-order valence-electron chi connectivity index (χ4n) is 2.02. The molecule has 0 heterocycles. The van der Waals surface area contributed by atoms with Gasteiger partial charge in [0.1, 0.15) is 0 Å². The molecule has 1 rings (SSSR count). The molecule has 0 aromatic rings. The van der Waals surface area contributed by atoms with Crippen molar-refractivity contribution in [3.05, 3.63) is 0 Å². The van der Waals surface area contributed by atoms with Gasteiger partial charge in [0.05, 0.1) is 0 Å². The average molecular weight is 235 g/mol. The highest BCUT2D eigenvalue weighted by Gasteiger charge is 2.26. The summed E-state index contributed by atoms with van der Waals surface area (Å²) < 4.78 is 5.09. The Balaban J connectivity index is 2.18. The Morgan fingerprint density at radius 1 is 1.50 bits per heavy atom. The summed E-state index contributed by atoms with van der Waals surface area (Å²) in [5.74, 6) is 1.78. The van der Waals surface area contributed by atoms with Gasteiger partial charge in [-0.1, -0.05) is 22.9 Å². The number of ether oxygens (including phenoxy) is 1. The van der Waals surface area contributed by atoms with Gasteiger partial charge in [-0.2, -0.15) is 0 Å². The molecule has 2 heteroatoms. The van der Waals surface area contributed by atoms with Crippen molar-refractivity contribution in [2.24, 2.45) is 11.8 Å². The third-order valence-electron chi connectivity index (χ3n) is 2.99. The van der Waals surface area contributed by atoms with Crippen LogP contribution in [0.1, 0.15) is 32.6 Å². The molecule has 1 aliphatic rings. The maximum atomic E-state index is 5.09. The molecule has 1 saturated carbocycles. The Labute approximate surface area is 84.0 Å². The van der Waals surface area contributed by atoms with Crippen LogP contribution in [-0.2, 0) is 4.74 Å². The number of hydrogen-bond donors (Lipinski definition) is 0. The van der Waals surface area contributed by atoms with Crippen molar-refractivity contribution in [3.63, 3.8) is 0 Å². The lowest BCUT2D eigenvalue weighted by Crippen LogP contribution is -2.10. The Kier molecular flexibility index (Phi) is 4.59. The first-order valence-corrected chi connectivity index (χ1v) is 5.78. The van der Waals surface area contributed by atoms with Gasteiger partial charge in [0.2, 0.25) is 0 Å². The van der Waals surface area contributed by atoms with Crippen LogP contribution in [0.2, 0.25) is 0 Å². The predicted molar refractivity (Wildman–Crippen MR) is 55.7 cm³/mol. The zero-order valence-corrected chi connectivity index (χ0v) is 9.64. The van der Waals surface area contributed by atoms with Crippen molar-refractivity contribution in [2.45, 2.75) is 37.4 Å². The third kappa shape index (κ3) is 3.06. The Hall–Kier alpha value is 0.440. The summed E-state index contributed by atoms with van der Waals surface area (Å²) in [4.78, 5) is 0.785. The maximum absolute atomic E-state index is 5.09. The zero-order valence-electron chi connectivity index (χ0n) is 8.05. The molecule has 0 aromatic heterocycles. The molecule has 0 radical (unpaired) electrons. The van der Waals surface area contributed by atoms with Crippen LogP contribution in [0.5, 0.6) is 0 Å². The second-order valence-corrected chi connectivity index (χ2v) is 5.22. The van der Waals surface area contributed by atoms with Gasteiger partial charge in [-0.15, -0.1) is 0 Å². The van der Waals surface area contributed by atoms with Crippen LogP contribution in [-0.4, -0.2) is 18.5 Å². The maximum Gasteiger partial charge on any atom is 0.0464 e. The highest BCUT2D eigenvalue weighted by Crippen LogP contribution is 2.36. The molecule has 1 aliphatic carbocycles. The SMILES string of the molecule is COCCC(C)C1CCC(Br)C1. The van der Waals surface area contributed by atoms with Crippen molar-refractivity contribution in [3.8, 4) is 0 Å². The second kappa shape index (κ2) is 5.23. The standard InChI is InChI=1S/C10H19BrO/c1-8(5-6-12-2)9-3-4-10(11)7-9/h8-10H,3-7H2,1-2H3. The van der Waals surface area contributed by atoms with E-state index in [1.807, 2.05) is 0 Å². The van der Waals surface area contributed by atoms with Crippen LogP contribution in [0.4, 0.5) is 0 Å². The summed E-state index contributed by atoms with van der Waals surface area (Å²) in [5.41, 5.74) is 0. The second-order valence-electron chi connectivity index (χ2n) is 3.93. The Bertz CT molecular complexity index is 127. The van der Waals surface area contributed by atoms with E-state index in [0.29, 0.717) is 0 Å². The minimum absolute atomic E-state index is 0.785. The van der Waals surface area contributed by atoms with Gasteiger partial charge in [-0.05, 0) is 37.5 Å². The van der Waals surface area contributed by atoms with Crippen molar-refractivity contribution in [1.29, 1.82) is 0 Å². The van der Waals surface area contributed by atoms with Crippen molar-refractivity contribution < 1.29 is 4.74 Å². The van der Waals surface area contributed by atoms with Gasteiger partial charge < -0.3 is 4.74 Å². The normalized spacial score (nSPS) is 32.2. The van der Waals surface area contributed by atoms with E-state index in [0.717, 1.165) is 23.3 Å². The first-order valence-electron chi connectivity index (χ1n) is 4.87. The topological polar surface area (TPSA) is 9.23 Å². The van der Waals surface area contributed by atoms with Crippen LogP contribution in [0.25, 0.3) is 0 Å². The zero-order chi connectivity index (χ0) is 8.97. The quantitative estimate of drug-likeness (QED) is 0.680. The Morgan fingerprint density at radius 3 is 2.75 bits per heavy atom. The first kappa shape index (κ1) is 10.5. The lowest BCUT2D eigenvalue weighted by Gasteiger charge is -2.18. The average Bonchev–Trinajstić information content (AvgIpc) is 2.47. The molecule has 3 unspecified atom stereocenters. The molecule has 1 fully saturated rings. The van der Waals surface area contributed by atoms with Gasteiger partial charge in [-0.3, -0.25) is 0 Å². The fraction of sp³-hybridized carbons (Fsp3) is 1.00. The number of hydrogen-bond acceptors (Lipinski definition) is 1. The van der Waals surface area contributed by atoms with Crippen LogP contribution in [0.15, 0.2) is 0 Å². The predicted octanol–water partition coefficient (Wildman–Crippen LogP) is 3.22. The number of rotatable bonds is 4. The Morgan fingerprint density at radius 2 is 2.25 bits per heavy atom. The lowest BCUT2D eigenvalue weighted by atomic mass is 9.90. The lowest BCUT2D eigenvalue weighted by molar-refractivity contribution is 0.166. The molecule has 0 spiro atoms. The summed E-state index contributed by atoms with van der Waals surface area (Å²) in [6, 6.07) is 0.